The average molecular weight is 587 g/mol. The van der Waals surface area contributed by atoms with Crippen LogP contribution in [0, 0.1) is 6.92 Å². The molecule has 0 unspecified atom stereocenters. The van der Waals surface area contributed by atoms with Gasteiger partial charge < -0.3 is 4.90 Å². The zero-order valence-corrected chi connectivity index (χ0v) is 20.0. The van der Waals surface area contributed by atoms with Crippen molar-refractivity contribution >= 4 is 94.1 Å². The molecule has 25 heavy (non-hydrogen) atoms. The normalized spacial score (nSPS) is 10.8. The third kappa shape index (κ3) is 4.79. The highest BCUT2D eigenvalue weighted by Crippen LogP contribution is 2.39. The molecule has 3 aromatic carbocycles. The van der Waals surface area contributed by atoms with Gasteiger partial charge in [0.2, 0.25) is 0 Å². The molecule has 0 heterocycles. The van der Waals surface area contributed by atoms with Crippen LogP contribution in [0.4, 0.5) is 17.1 Å². The molecule has 0 saturated heterocycles. The highest BCUT2D eigenvalue weighted by molar-refractivity contribution is 9.11. The van der Waals surface area contributed by atoms with Gasteiger partial charge in [-0.1, -0.05) is 75.2 Å². The van der Waals surface area contributed by atoms with Gasteiger partial charge in [0.25, 0.3) is 0 Å². The second-order valence-corrected chi connectivity index (χ2v) is 9.60. The van der Waals surface area contributed by atoms with Gasteiger partial charge in [0.15, 0.2) is 0 Å². The van der Waals surface area contributed by atoms with E-state index in [1.54, 1.807) is 0 Å². The van der Waals surface area contributed by atoms with Crippen LogP contribution in [0.5, 0.6) is 0 Å². The van der Waals surface area contributed by atoms with Gasteiger partial charge in [-0.05, 0) is 61.0 Å². The molecule has 0 aliphatic carbocycles. The number of anilines is 3. The number of hydrogen-bond acceptors (Lipinski definition) is 1. The van der Waals surface area contributed by atoms with Gasteiger partial charge in [0.05, 0.1) is 0 Å². The Labute approximate surface area is 182 Å². The summed E-state index contributed by atoms with van der Waals surface area (Å²) in [5, 5.41) is 0. The first-order valence-electron chi connectivity index (χ1n) is 7.62. The molecule has 0 amide bonds. The minimum atomic E-state index is 1.03. The Bertz CT molecular complexity index is 760. The number of rotatable bonds is 3. The average Bonchev–Trinajstić information content (AvgIpc) is 2.44. The molecule has 0 saturated carbocycles. The van der Waals surface area contributed by atoms with E-state index < -0.39 is 0 Å². The molecule has 0 aliphatic rings. The third-order valence-electron chi connectivity index (χ3n) is 3.68. The van der Waals surface area contributed by atoms with Gasteiger partial charge in [0, 0.05) is 35.0 Å². The van der Waals surface area contributed by atoms with E-state index in [1.807, 2.05) is 6.07 Å². The highest BCUT2D eigenvalue weighted by atomic mass is 79.9. The maximum atomic E-state index is 3.63. The number of benzene rings is 3. The van der Waals surface area contributed by atoms with Crippen LogP contribution in [-0.2, 0) is 0 Å². The number of aryl methyl sites for hydroxylation is 1. The molecule has 0 aliphatic heterocycles. The van der Waals surface area contributed by atoms with Crippen molar-refractivity contribution in [2.45, 2.75) is 6.92 Å². The zero-order chi connectivity index (χ0) is 18.1. The Hall–Kier alpha value is -0.555. The third-order valence-corrected chi connectivity index (χ3v) is 5.51. The maximum absolute atomic E-state index is 3.63. The molecule has 0 fully saturated rings. The summed E-state index contributed by atoms with van der Waals surface area (Å²) < 4.78 is 4.18. The van der Waals surface area contributed by atoms with Gasteiger partial charge in [-0.3, -0.25) is 0 Å². The van der Waals surface area contributed by atoms with Crippen LogP contribution in [-0.4, -0.2) is 7.85 Å². The van der Waals surface area contributed by atoms with Crippen LogP contribution in [0.15, 0.2) is 72.5 Å². The predicted octanol–water partition coefficient (Wildman–Crippen LogP) is 6.77. The van der Waals surface area contributed by atoms with E-state index in [0.717, 1.165) is 35.0 Å². The van der Waals surface area contributed by atoms with Crippen LogP contribution < -0.4 is 10.4 Å². The second-order valence-electron chi connectivity index (χ2n) is 5.94. The van der Waals surface area contributed by atoms with Crippen molar-refractivity contribution in [3.05, 3.63) is 78.1 Å². The van der Waals surface area contributed by atoms with Crippen molar-refractivity contribution in [3.8, 4) is 0 Å². The summed E-state index contributed by atoms with van der Waals surface area (Å²) in [5.74, 6) is 0. The van der Waals surface area contributed by atoms with E-state index in [2.05, 4.69) is 132 Å². The number of nitrogens with zero attached hydrogens (tertiary/aromatic N) is 1. The number of hydrogen-bond donors (Lipinski definition) is 0. The smallest absolute Gasteiger partial charge is 0.139 e. The van der Waals surface area contributed by atoms with Crippen molar-refractivity contribution in [2.24, 2.45) is 0 Å². The Morgan fingerprint density at radius 2 is 1.04 bits per heavy atom. The van der Waals surface area contributed by atoms with E-state index in [1.165, 1.54) is 11.0 Å². The summed E-state index contributed by atoms with van der Waals surface area (Å²) in [4.78, 5) is 2.26. The Morgan fingerprint density at radius 1 is 0.600 bits per heavy atom. The van der Waals surface area contributed by atoms with Gasteiger partial charge in [0.1, 0.15) is 7.85 Å². The molecule has 0 atom stereocenters. The van der Waals surface area contributed by atoms with Crippen LogP contribution >= 0.6 is 63.7 Å². The maximum Gasteiger partial charge on any atom is 0.139 e. The van der Waals surface area contributed by atoms with Gasteiger partial charge in [-0.15, -0.1) is 0 Å². The lowest BCUT2D eigenvalue weighted by Crippen LogP contribution is -2.13. The monoisotopic (exact) mass is 583 g/mol. The molecule has 3 aromatic rings. The fourth-order valence-corrected chi connectivity index (χ4v) is 5.27. The molecular formula is C19H14BBr4N. The summed E-state index contributed by atoms with van der Waals surface area (Å²) in [5.41, 5.74) is 5.70. The first-order chi connectivity index (χ1) is 11.8. The minimum Gasteiger partial charge on any atom is -0.310 e. The quantitative estimate of drug-likeness (QED) is 0.306. The Kier molecular flexibility index (Phi) is 6.14. The molecule has 3 rings (SSSR count). The van der Waals surface area contributed by atoms with Crippen LogP contribution in [0.1, 0.15) is 5.56 Å². The van der Waals surface area contributed by atoms with Crippen molar-refractivity contribution in [1.82, 2.24) is 0 Å². The summed E-state index contributed by atoms with van der Waals surface area (Å²) in [6, 6.07) is 19.2. The van der Waals surface area contributed by atoms with Gasteiger partial charge in [-0.25, -0.2) is 0 Å². The Morgan fingerprint density at radius 3 is 1.56 bits per heavy atom. The molecule has 0 N–H and O–H groups in total. The standard InChI is InChI=1S/C19H14BBr4N/c1-11-2-13(21)7-17(3-11)25(18-5-12(20)4-14(22)8-18)19-9-15(23)6-16(24)10-19/h2-10H,20H2,1H3. The second kappa shape index (κ2) is 7.99. The van der Waals surface area contributed by atoms with Crippen molar-refractivity contribution < 1.29 is 0 Å². The zero-order valence-electron chi connectivity index (χ0n) is 13.7. The predicted molar refractivity (Wildman–Crippen MR) is 125 cm³/mol. The minimum absolute atomic E-state index is 1.03. The van der Waals surface area contributed by atoms with E-state index in [0.29, 0.717) is 0 Å². The first kappa shape index (κ1) is 19.2. The lowest BCUT2D eigenvalue weighted by Gasteiger charge is -2.27. The topological polar surface area (TPSA) is 3.24 Å². The van der Waals surface area contributed by atoms with E-state index in [-0.39, 0.29) is 0 Å². The summed E-state index contributed by atoms with van der Waals surface area (Å²) in [6.07, 6.45) is 0. The van der Waals surface area contributed by atoms with Crippen LogP contribution in [0.2, 0.25) is 0 Å². The lowest BCUT2D eigenvalue weighted by molar-refractivity contribution is 1.26. The molecular weight excluding hydrogens is 573 g/mol. The fourth-order valence-electron chi connectivity index (χ4n) is 2.81. The first-order valence-corrected chi connectivity index (χ1v) is 10.8. The highest BCUT2D eigenvalue weighted by Gasteiger charge is 2.15. The SMILES string of the molecule is Bc1cc(Br)cc(N(c2cc(C)cc(Br)c2)c2cc(Br)cc(Br)c2)c1. The van der Waals surface area contributed by atoms with Crippen LogP contribution in [0.3, 0.4) is 0 Å². The molecule has 0 bridgehead atoms. The van der Waals surface area contributed by atoms with E-state index >= 15 is 0 Å². The summed E-state index contributed by atoms with van der Waals surface area (Å²) >= 11 is 14.5. The van der Waals surface area contributed by atoms with Crippen molar-refractivity contribution in [1.29, 1.82) is 0 Å². The van der Waals surface area contributed by atoms with Crippen molar-refractivity contribution in [2.75, 3.05) is 4.90 Å². The largest absolute Gasteiger partial charge is 0.310 e. The molecule has 6 heteroatoms. The van der Waals surface area contributed by atoms with Gasteiger partial charge in [-0.2, -0.15) is 0 Å². The molecule has 0 radical (unpaired) electrons. The van der Waals surface area contributed by atoms with E-state index in [9.17, 15) is 0 Å². The summed E-state index contributed by atoms with van der Waals surface area (Å²) in [6.45, 7) is 2.11. The molecule has 126 valence electrons. The molecule has 0 aromatic heterocycles. The lowest BCUT2D eigenvalue weighted by atomic mass is 9.95. The summed E-state index contributed by atoms with van der Waals surface area (Å²) in [7, 11) is 2.11. The Balaban J connectivity index is 2.27. The van der Waals surface area contributed by atoms with Crippen LogP contribution in [0.25, 0.3) is 0 Å². The fraction of sp³-hybridized carbons (Fsp3) is 0.0526. The molecule has 0 spiro atoms. The van der Waals surface area contributed by atoms with E-state index in [4.69, 9.17) is 0 Å². The number of halogens is 4. The van der Waals surface area contributed by atoms with Crippen molar-refractivity contribution in [3.63, 3.8) is 0 Å². The van der Waals surface area contributed by atoms with Gasteiger partial charge >= 0.3 is 0 Å². The molecule has 1 nitrogen and oxygen atoms in total.